The number of fused-ring (bicyclic) bond motifs is 1. The molecule has 2 heterocycles. The molecule has 0 aromatic carbocycles. The first-order valence-corrected chi connectivity index (χ1v) is 4.75. The molecule has 1 fully saturated rings. The van der Waals surface area contributed by atoms with Gasteiger partial charge in [-0.2, -0.15) is 5.10 Å². The fraction of sp³-hybridized carbons (Fsp3) is 0.273. The predicted octanol–water partition coefficient (Wildman–Crippen LogP) is 1.56. The van der Waals surface area contributed by atoms with Gasteiger partial charge in [0.15, 0.2) is 0 Å². The fourth-order valence-corrected chi connectivity index (χ4v) is 1.90. The first kappa shape index (κ1) is 7.74. The van der Waals surface area contributed by atoms with Crippen molar-refractivity contribution >= 4 is 11.8 Å². The van der Waals surface area contributed by atoms with E-state index >= 15 is 0 Å². The molecule has 2 aromatic rings. The number of pyridine rings is 1. The van der Waals surface area contributed by atoms with E-state index in [0.717, 1.165) is 30.2 Å². The number of nitrogens with zero attached hydrogens (tertiary/aromatic N) is 2. The van der Waals surface area contributed by atoms with Gasteiger partial charge in [0.25, 0.3) is 0 Å². The number of aldehydes is 1. The van der Waals surface area contributed by atoms with Gasteiger partial charge in [0.1, 0.15) is 6.29 Å². The maximum atomic E-state index is 11.0. The Morgan fingerprint density at radius 1 is 1.43 bits per heavy atom. The topological polar surface area (TPSA) is 34.4 Å². The molecule has 14 heavy (non-hydrogen) atoms. The van der Waals surface area contributed by atoms with Crippen LogP contribution in [0.5, 0.6) is 0 Å². The van der Waals surface area contributed by atoms with E-state index in [1.54, 1.807) is 0 Å². The van der Waals surface area contributed by atoms with Crippen molar-refractivity contribution in [3.8, 4) is 0 Å². The highest BCUT2D eigenvalue weighted by Gasteiger charge is 2.46. The van der Waals surface area contributed by atoms with Crippen molar-refractivity contribution in [1.82, 2.24) is 9.61 Å². The molecule has 1 aliphatic carbocycles. The van der Waals surface area contributed by atoms with Crippen LogP contribution in [-0.2, 0) is 10.2 Å². The van der Waals surface area contributed by atoms with Crippen LogP contribution in [0.15, 0.2) is 30.6 Å². The van der Waals surface area contributed by atoms with Crippen molar-refractivity contribution in [3.63, 3.8) is 0 Å². The summed E-state index contributed by atoms with van der Waals surface area (Å²) in [5.74, 6) is 0. The zero-order valence-electron chi connectivity index (χ0n) is 7.68. The first-order valence-electron chi connectivity index (χ1n) is 4.75. The summed E-state index contributed by atoms with van der Waals surface area (Å²) in [5, 5.41) is 4.23. The summed E-state index contributed by atoms with van der Waals surface area (Å²) in [6, 6.07) is 5.91. The lowest BCUT2D eigenvalue weighted by Gasteiger charge is -2.03. The van der Waals surface area contributed by atoms with Crippen molar-refractivity contribution in [2.45, 2.75) is 18.3 Å². The standard InChI is InChI=1S/C11H10N2O/c14-8-11(4-5-11)9-7-12-13-6-2-1-3-10(9)13/h1-3,6-8H,4-5H2. The molecule has 0 saturated heterocycles. The molecule has 0 aliphatic heterocycles. The van der Waals surface area contributed by atoms with Crippen LogP contribution in [0, 0.1) is 0 Å². The SMILES string of the molecule is O=CC1(c2cnn3ccccc23)CC1. The Balaban J connectivity index is 2.27. The van der Waals surface area contributed by atoms with Crippen LogP contribution < -0.4 is 0 Å². The summed E-state index contributed by atoms with van der Waals surface area (Å²) in [5.41, 5.74) is 1.91. The molecule has 2 aromatic heterocycles. The average molecular weight is 186 g/mol. The van der Waals surface area contributed by atoms with E-state index in [-0.39, 0.29) is 5.41 Å². The third-order valence-corrected chi connectivity index (χ3v) is 2.98. The molecule has 0 N–H and O–H groups in total. The van der Waals surface area contributed by atoms with Gasteiger partial charge in [0.05, 0.1) is 17.1 Å². The molecule has 0 spiro atoms. The van der Waals surface area contributed by atoms with E-state index in [1.807, 2.05) is 35.1 Å². The van der Waals surface area contributed by atoms with Gasteiger partial charge in [-0.1, -0.05) is 6.07 Å². The summed E-state index contributed by atoms with van der Waals surface area (Å²) in [6.45, 7) is 0. The van der Waals surface area contributed by atoms with Crippen molar-refractivity contribution in [2.75, 3.05) is 0 Å². The van der Waals surface area contributed by atoms with Gasteiger partial charge in [-0.05, 0) is 25.0 Å². The van der Waals surface area contributed by atoms with Crippen LogP contribution >= 0.6 is 0 Å². The lowest BCUT2D eigenvalue weighted by atomic mass is 10.00. The van der Waals surface area contributed by atoms with Crippen LogP contribution in [0.25, 0.3) is 5.52 Å². The Bertz CT molecular complexity index is 497. The fourth-order valence-electron chi connectivity index (χ4n) is 1.90. The third-order valence-electron chi connectivity index (χ3n) is 2.98. The number of hydrogen-bond donors (Lipinski definition) is 0. The quantitative estimate of drug-likeness (QED) is 0.667. The smallest absolute Gasteiger partial charge is 0.130 e. The summed E-state index contributed by atoms with van der Waals surface area (Å²) in [7, 11) is 0. The summed E-state index contributed by atoms with van der Waals surface area (Å²) in [6.07, 6.45) is 6.72. The molecule has 1 saturated carbocycles. The molecule has 3 heteroatoms. The van der Waals surface area contributed by atoms with Gasteiger partial charge in [0.2, 0.25) is 0 Å². The second-order valence-electron chi connectivity index (χ2n) is 3.86. The van der Waals surface area contributed by atoms with E-state index < -0.39 is 0 Å². The van der Waals surface area contributed by atoms with E-state index in [1.165, 1.54) is 0 Å². The van der Waals surface area contributed by atoms with E-state index in [9.17, 15) is 4.79 Å². The van der Waals surface area contributed by atoms with Crippen molar-refractivity contribution < 1.29 is 4.79 Å². The Morgan fingerprint density at radius 2 is 2.29 bits per heavy atom. The molecular weight excluding hydrogens is 176 g/mol. The third kappa shape index (κ3) is 0.867. The summed E-state index contributed by atoms with van der Waals surface area (Å²) >= 11 is 0. The zero-order chi connectivity index (χ0) is 9.60. The maximum absolute atomic E-state index is 11.0. The van der Waals surface area contributed by atoms with E-state index in [0.29, 0.717) is 0 Å². The minimum atomic E-state index is -0.219. The molecule has 1 aliphatic rings. The largest absolute Gasteiger partial charge is 0.302 e. The number of hydrogen-bond acceptors (Lipinski definition) is 2. The van der Waals surface area contributed by atoms with Crippen LogP contribution in [0.4, 0.5) is 0 Å². The number of rotatable bonds is 2. The number of carbonyl (C=O) groups excluding carboxylic acids is 1. The maximum Gasteiger partial charge on any atom is 0.130 e. The molecule has 0 unspecified atom stereocenters. The monoisotopic (exact) mass is 186 g/mol. The Hall–Kier alpha value is -1.64. The highest BCUT2D eigenvalue weighted by atomic mass is 16.1. The number of aromatic nitrogens is 2. The van der Waals surface area contributed by atoms with Gasteiger partial charge in [-0.3, -0.25) is 0 Å². The molecule has 3 nitrogen and oxygen atoms in total. The molecule has 0 amide bonds. The predicted molar refractivity (Wildman–Crippen MR) is 52.2 cm³/mol. The second-order valence-corrected chi connectivity index (χ2v) is 3.86. The average Bonchev–Trinajstić information content (AvgIpc) is 2.91. The molecule has 0 bridgehead atoms. The summed E-state index contributed by atoms with van der Waals surface area (Å²) in [4.78, 5) is 11.0. The Morgan fingerprint density at radius 3 is 3.00 bits per heavy atom. The number of carbonyl (C=O) groups is 1. The van der Waals surface area contributed by atoms with Crippen molar-refractivity contribution in [2.24, 2.45) is 0 Å². The lowest BCUT2D eigenvalue weighted by Crippen LogP contribution is -2.06. The Labute approximate surface area is 81.4 Å². The Kier molecular flexibility index (Phi) is 1.35. The van der Waals surface area contributed by atoms with Crippen molar-refractivity contribution in [3.05, 3.63) is 36.2 Å². The van der Waals surface area contributed by atoms with Crippen LogP contribution in [-0.4, -0.2) is 15.9 Å². The zero-order valence-corrected chi connectivity index (χ0v) is 7.68. The normalized spacial score (nSPS) is 18.3. The van der Waals surface area contributed by atoms with Gasteiger partial charge in [-0.15, -0.1) is 0 Å². The van der Waals surface area contributed by atoms with Crippen LogP contribution in [0.3, 0.4) is 0 Å². The van der Waals surface area contributed by atoms with Crippen LogP contribution in [0.2, 0.25) is 0 Å². The highest BCUT2D eigenvalue weighted by molar-refractivity contribution is 5.78. The molecule has 0 radical (unpaired) electrons. The van der Waals surface area contributed by atoms with E-state index in [2.05, 4.69) is 5.10 Å². The van der Waals surface area contributed by atoms with E-state index in [4.69, 9.17) is 0 Å². The molecule has 70 valence electrons. The summed E-state index contributed by atoms with van der Waals surface area (Å²) < 4.78 is 1.82. The first-order chi connectivity index (χ1) is 6.86. The van der Waals surface area contributed by atoms with Gasteiger partial charge in [-0.25, -0.2) is 4.52 Å². The van der Waals surface area contributed by atoms with Crippen LogP contribution in [0.1, 0.15) is 18.4 Å². The molecular formula is C11H10N2O. The second kappa shape index (κ2) is 2.44. The molecule has 0 atom stereocenters. The minimum absolute atomic E-state index is 0.219. The minimum Gasteiger partial charge on any atom is -0.302 e. The highest BCUT2D eigenvalue weighted by Crippen LogP contribution is 2.47. The van der Waals surface area contributed by atoms with Gasteiger partial charge in [0, 0.05) is 11.8 Å². The molecule has 3 rings (SSSR count). The lowest BCUT2D eigenvalue weighted by molar-refractivity contribution is -0.109. The van der Waals surface area contributed by atoms with Gasteiger partial charge < -0.3 is 4.79 Å². The van der Waals surface area contributed by atoms with Crippen molar-refractivity contribution in [1.29, 1.82) is 0 Å². The van der Waals surface area contributed by atoms with Gasteiger partial charge >= 0.3 is 0 Å².